The molecule has 3 aromatic carbocycles. The van der Waals surface area contributed by atoms with Crippen molar-refractivity contribution in [2.24, 2.45) is 0 Å². The van der Waals surface area contributed by atoms with Crippen LogP contribution >= 0.6 is 34.8 Å². The van der Waals surface area contributed by atoms with E-state index in [2.05, 4.69) is 5.32 Å². The van der Waals surface area contributed by atoms with Crippen LogP contribution in [0.15, 0.2) is 59.5 Å². The Kier molecular flexibility index (Phi) is 13.0. The van der Waals surface area contributed by atoms with Crippen LogP contribution in [0.4, 0.5) is 5.69 Å². The fourth-order valence-electron chi connectivity index (χ4n) is 4.43. The number of rotatable bonds is 15. The molecule has 1 N–H and O–H groups in total. The first-order valence-electron chi connectivity index (χ1n) is 14.0. The number of carbonyl (C=O) groups is 2. The molecule has 244 valence electrons. The van der Waals surface area contributed by atoms with Gasteiger partial charge in [0.25, 0.3) is 10.0 Å². The van der Waals surface area contributed by atoms with E-state index < -0.39 is 34.4 Å². The number of anilines is 1. The first-order chi connectivity index (χ1) is 21.4. The molecule has 14 heteroatoms. The van der Waals surface area contributed by atoms with E-state index in [-0.39, 0.29) is 38.7 Å². The molecule has 0 spiro atoms. The van der Waals surface area contributed by atoms with Gasteiger partial charge in [-0.1, -0.05) is 54.2 Å². The zero-order valence-corrected chi connectivity index (χ0v) is 28.7. The Bertz CT molecular complexity index is 1620. The van der Waals surface area contributed by atoms with E-state index in [0.717, 1.165) is 17.1 Å². The van der Waals surface area contributed by atoms with Gasteiger partial charge in [-0.15, -0.1) is 0 Å². The van der Waals surface area contributed by atoms with Crippen LogP contribution in [-0.4, -0.2) is 65.6 Å². The summed E-state index contributed by atoms with van der Waals surface area (Å²) in [6.45, 7) is 3.16. The average molecular weight is 701 g/mol. The fourth-order valence-corrected chi connectivity index (χ4v) is 6.49. The normalized spacial score (nSPS) is 11.8. The van der Waals surface area contributed by atoms with E-state index in [1.54, 1.807) is 19.1 Å². The molecular formula is C31H36Cl3N3O7S. The van der Waals surface area contributed by atoms with Crippen molar-refractivity contribution in [3.05, 3.63) is 75.2 Å². The van der Waals surface area contributed by atoms with Gasteiger partial charge < -0.3 is 24.4 Å². The molecule has 2 amide bonds. The number of nitrogens with zero attached hydrogens (tertiary/aromatic N) is 2. The van der Waals surface area contributed by atoms with E-state index in [4.69, 9.17) is 49.0 Å². The Morgan fingerprint density at radius 3 is 2.11 bits per heavy atom. The van der Waals surface area contributed by atoms with Crippen molar-refractivity contribution in [3.8, 4) is 17.2 Å². The molecule has 0 aliphatic rings. The third kappa shape index (κ3) is 8.88. The summed E-state index contributed by atoms with van der Waals surface area (Å²) in [5, 5.41) is 3.72. The molecule has 0 heterocycles. The summed E-state index contributed by atoms with van der Waals surface area (Å²) >= 11 is 18.8. The van der Waals surface area contributed by atoms with Gasteiger partial charge in [-0.25, -0.2) is 8.42 Å². The van der Waals surface area contributed by atoms with Gasteiger partial charge in [0, 0.05) is 34.2 Å². The fraction of sp³-hybridized carbons (Fsp3) is 0.355. The molecule has 1 atom stereocenters. The number of sulfonamides is 1. The van der Waals surface area contributed by atoms with Crippen LogP contribution in [0.2, 0.25) is 15.1 Å². The van der Waals surface area contributed by atoms with Crippen LogP contribution in [0.3, 0.4) is 0 Å². The predicted molar refractivity (Wildman–Crippen MR) is 176 cm³/mol. The number of methoxy groups -OCH3 is 3. The summed E-state index contributed by atoms with van der Waals surface area (Å²) in [5.74, 6) is -0.469. The predicted octanol–water partition coefficient (Wildman–Crippen LogP) is 6.20. The average Bonchev–Trinajstić information content (AvgIpc) is 3.02. The minimum absolute atomic E-state index is 0.0117. The molecule has 0 fully saturated rings. The molecule has 10 nitrogen and oxygen atoms in total. The van der Waals surface area contributed by atoms with Crippen LogP contribution < -0.4 is 23.8 Å². The lowest BCUT2D eigenvalue weighted by molar-refractivity contribution is -0.139. The molecule has 45 heavy (non-hydrogen) atoms. The van der Waals surface area contributed by atoms with Crippen molar-refractivity contribution in [1.29, 1.82) is 0 Å². The highest BCUT2D eigenvalue weighted by Gasteiger charge is 2.34. The van der Waals surface area contributed by atoms with Gasteiger partial charge >= 0.3 is 0 Å². The van der Waals surface area contributed by atoms with Crippen LogP contribution in [0.1, 0.15) is 32.3 Å². The van der Waals surface area contributed by atoms with E-state index in [0.29, 0.717) is 22.9 Å². The van der Waals surface area contributed by atoms with Gasteiger partial charge in [0.15, 0.2) is 11.5 Å². The smallest absolute Gasteiger partial charge is 0.265 e. The number of hydrogen-bond donors (Lipinski definition) is 1. The van der Waals surface area contributed by atoms with Gasteiger partial charge in [0.2, 0.25) is 11.8 Å². The Hall–Kier alpha value is -3.38. The first-order valence-corrected chi connectivity index (χ1v) is 16.5. The molecule has 0 aromatic heterocycles. The van der Waals surface area contributed by atoms with Gasteiger partial charge in [0.05, 0.1) is 31.9 Å². The Morgan fingerprint density at radius 2 is 1.49 bits per heavy atom. The van der Waals surface area contributed by atoms with Gasteiger partial charge in [-0.2, -0.15) is 0 Å². The maximum Gasteiger partial charge on any atom is 0.265 e. The largest absolute Gasteiger partial charge is 0.495 e. The van der Waals surface area contributed by atoms with Crippen LogP contribution in [0.5, 0.6) is 17.2 Å². The van der Waals surface area contributed by atoms with Crippen LogP contribution in [-0.2, 0) is 26.2 Å². The molecule has 0 aliphatic carbocycles. The van der Waals surface area contributed by atoms with Gasteiger partial charge in [-0.3, -0.25) is 13.9 Å². The summed E-state index contributed by atoms with van der Waals surface area (Å²) in [4.78, 5) is 28.5. The Morgan fingerprint density at radius 1 is 0.867 bits per heavy atom. The molecule has 0 saturated carbocycles. The first kappa shape index (κ1) is 36.1. The second-order valence-corrected chi connectivity index (χ2v) is 13.1. The van der Waals surface area contributed by atoms with E-state index in [1.165, 1.54) is 68.7 Å². The number of amides is 2. The maximum atomic E-state index is 14.3. The van der Waals surface area contributed by atoms with Crippen molar-refractivity contribution in [2.45, 2.75) is 44.2 Å². The highest BCUT2D eigenvalue weighted by Crippen LogP contribution is 2.37. The van der Waals surface area contributed by atoms with Crippen molar-refractivity contribution < 1.29 is 32.2 Å². The standard InChI is InChI=1S/C31H36Cl3N3O7S/c1-6-7-14-35-31(39)20(2)36(18-21-8-9-22(32)15-25(21)34)30(38)19-37(26-16-23(33)10-12-27(26)42-3)45(40,41)24-11-13-28(43-4)29(17-24)44-5/h8-13,15-17,20H,6-7,14,18-19H2,1-5H3,(H,35,39)/t20-/m1/s1. The minimum Gasteiger partial charge on any atom is -0.495 e. The topological polar surface area (TPSA) is 114 Å². The number of nitrogens with one attached hydrogen (secondary N) is 1. The van der Waals surface area contributed by atoms with Crippen molar-refractivity contribution in [3.63, 3.8) is 0 Å². The number of halogens is 3. The Labute approximate surface area is 279 Å². The number of ether oxygens (including phenoxy) is 3. The number of carbonyl (C=O) groups excluding carboxylic acids is 2. The van der Waals surface area contributed by atoms with E-state index in [9.17, 15) is 18.0 Å². The lowest BCUT2D eigenvalue weighted by atomic mass is 10.1. The summed E-state index contributed by atoms with van der Waals surface area (Å²) < 4.78 is 45.6. The number of unbranched alkanes of at least 4 members (excludes halogenated alkanes) is 1. The second kappa shape index (κ2) is 16.3. The van der Waals surface area contributed by atoms with Crippen molar-refractivity contribution in [1.82, 2.24) is 10.2 Å². The zero-order chi connectivity index (χ0) is 33.3. The van der Waals surface area contributed by atoms with E-state index >= 15 is 0 Å². The highest BCUT2D eigenvalue weighted by molar-refractivity contribution is 7.92. The molecule has 0 aliphatic heterocycles. The zero-order valence-electron chi connectivity index (χ0n) is 25.6. The van der Waals surface area contributed by atoms with Crippen LogP contribution in [0, 0.1) is 0 Å². The van der Waals surface area contributed by atoms with E-state index in [1.807, 2.05) is 6.92 Å². The summed E-state index contributed by atoms with van der Waals surface area (Å²) in [7, 11) is -0.301. The SMILES string of the molecule is CCCCNC(=O)[C@@H](C)N(Cc1ccc(Cl)cc1Cl)C(=O)CN(c1cc(Cl)ccc1OC)S(=O)(=O)c1ccc(OC)c(OC)c1. The molecule has 3 aromatic rings. The minimum atomic E-state index is -4.47. The monoisotopic (exact) mass is 699 g/mol. The molecule has 0 bridgehead atoms. The van der Waals surface area contributed by atoms with Crippen LogP contribution in [0.25, 0.3) is 0 Å². The number of hydrogen-bond acceptors (Lipinski definition) is 7. The quantitative estimate of drug-likeness (QED) is 0.188. The van der Waals surface area contributed by atoms with Gasteiger partial charge in [-0.05, 0) is 61.4 Å². The third-order valence-electron chi connectivity index (χ3n) is 6.98. The summed E-state index contributed by atoms with van der Waals surface area (Å²) in [6.07, 6.45) is 1.61. The summed E-state index contributed by atoms with van der Waals surface area (Å²) in [5.41, 5.74) is 0.523. The lowest BCUT2D eigenvalue weighted by Gasteiger charge is -2.32. The Balaban J connectivity index is 2.14. The van der Waals surface area contributed by atoms with Crippen molar-refractivity contribution >= 4 is 62.3 Å². The maximum absolute atomic E-state index is 14.3. The number of benzene rings is 3. The summed E-state index contributed by atoms with van der Waals surface area (Å²) in [6, 6.07) is 12.3. The third-order valence-corrected chi connectivity index (χ3v) is 9.56. The second-order valence-electron chi connectivity index (χ2n) is 9.92. The molecule has 0 unspecified atom stereocenters. The molecule has 3 rings (SSSR count). The van der Waals surface area contributed by atoms with Gasteiger partial charge in [0.1, 0.15) is 18.3 Å². The lowest BCUT2D eigenvalue weighted by Crippen LogP contribution is -2.51. The molecule has 0 radical (unpaired) electrons. The molecular weight excluding hydrogens is 665 g/mol. The van der Waals surface area contributed by atoms with Crippen molar-refractivity contribution in [2.75, 3.05) is 38.7 Å². The highest BCUT2D eigenvalue weighted by atomic mass is 35.5. The molecule has 0 saturated heterocycles.